The van der Waals surface area contributed by atoms with Crippen molar-refractivity contribution in [3.8, 4) is 0 Å². The van der Waals surface area contributed by atoms with Crippen molar-refractivity contribution in [2.75, 3.05) is 11.4 Å². The molecule has 94 valence electrons. The van der Waals surface area contributed by atoms with Gasteiger partial charge >= 0.3 is 6.09 Å². The van der Waals surface area contributed by atoms with Crippen LogP contribution in [0, 0.1) is 0 Å². The van der Waals surface area contributed by atoms with Crippen LogP contribution in [0.15, 0.2) is 18.2 Å². The third kappa shape index (κ3) is 4.60. The molecule has 0 atom stereocenters. The molecule has 0 spiro atoms. The van der Waals surface area contributed by atoms with Crippen LogP contribution >= 0.6 is 58.0 Å². The van der Waals surface area contributed by atoms with Gasteiger partial charge in [0.25, 0.3) is 0 Å². The van der Waals surface area contributed by atoms with Crippen molar-refractivity contribution in [1.82, 2.24) is 0 Å². The zero-order chi connectivity index (χ0) is 13.2. The van der Waals surface area contributed by atoms with Crippen LogP contribution in [0.4, 0.5) is 10.5 Å². The van der Waals surface area contributed by atoms with Crippen LogP contribution in [0.25, 0.3) is 0 Å². The quantitative estimate of drug-likeness (QED) is 0.784. The van der Waals surface area contributed by atoms with E-state index in [0.717, 1.165) is 4.90 Å². The number of halogens is 5. The summed E-state index contributed by atoms with van der Waals surface area (Å²) in [6.07, 6.45) is -1.25. The van der Waals surface area contributed by atoms with Gasteiger partial charge in [-0.05, 0) is 18.2 Å². The fourth-order valence-corrected chi connectivity index (χ4v) is 1.75. The first-order valence-corrected chi connectivity index (χ1v) is 6.12. The molecule has 1 aromatic carbocycles. The van der Waals surface area contributed by atoms with Crippen LogP contribution in [0.2, 0.25) is 10.0 Å². The van der Waals surface area contributed by atoms with Crippen LogP contribution in [-0.2, 0) is 0 Å². The number of alkyl halides is 3. The number of carbonyl (C=O) groups is 1. The molecule has 1 aromatic rings. The molecular weight excluding hydrogens is 331 g/mol. The molecule has 0 saturated heterocycles. The SMILES string of the molecule is O=C(O)N(CC(Cl)(Cl)Cl)c1ccc(Cl)c(Cl)c1. The average Bonchev–Trinajstić information content (AvgIpc) is 2.17. The smallest absolute Gasteiger partial charge is 0.411 e. The Hall–Kier alpha value is -0.0600. The number of nitrogens with zero attached hydrogens (tertiary/aromatic N) is 1. The predicted octanol–water partition coefficient (Wildman–Crippen LogP) is 4.85. The maximum atomic E-state index is 11.0. The van der Waals surface area contributed by atoms with E-state index in [1.807, 2.05) is 0 Å². The molecule has 0 aliphatic heterocycles. The molecule has 0 aliphatic carbocycles. The first-order chi connectivity index (χ1) is 7.70. The Bertz CT molecular complexity index is 432. The Balaban J connectivity index is 3.06. The zero-order valence-electron chi connectivity index (χ0n) is 8.13. The van der Waals surface area contributed by atoms with Crippen molar-refractivity contribution in [3.63, 3.8) is 0 Å². The molecule has 0 aliphatic rings. The van der Waals surface area contributed by atoms with Gasteiger partial charge in [0, 0.05) is 5.69 Å². The minimum Gasteiger partial charge on any atom is -0.465 e. The van der Waals surface area contributed by atoms with Crippen LogP contribution in [0.5, 0.6) is 0 Å². The second-order valence-corrected chi connectivity index (χ2v) is 6.41. The van der Waals surface area contributed by atoms with Gasteiger partial charge < -0.3 is 5.11 Å². The summed E-state index contributed by atoms with van der Waals surface area (Å²) in [7, 11) is 0. The minimum absolute atomic E-state index is 0.222. The second-order valence-electron chi connectivity index (χ2n) is 3.08. The number of rotatable bonds is 2. The Labute approximate surface area is 123 Å². The normalized spacial score (nSPS) is 11.4. The van der Waals surface area contributed by atoms with E-state index in [-0.39, 0.29) is 17.3 Å². The van der Waals surface area contributed by atoms with Crippen molar-refractivity contribution in [1.29, 1.82) is 0 Å². The third-order valence-electron chi connectivity index (χ3n) is 1.78. The van der Waals surface area contributed by atoms with Gasteiger partial charge in [0.15, 0.2) is 0 Å². The monoisotopic (exact) mass is 335 g/mol. The van der Waals surface area contributed by atoms with Crippen LogP contribution in [-0.4, -0.2) is 21.5 Å². The molecular formula is C9H6Cl5NO2. The first-order valence-electron chi connectivity index (χ1n) is 4.23. The topological polar surface area (TPSA) is 40.5 Å². The molecule has 0 heterocycles. The lowest BCUT2D eigenvalue weighted by molar-refractivity contribution is 0.202. The summed E-state index contributed by atoms with van der Waals surface area (Å²) in [6.45, 7) is -0.315. The standard InChI is InChI=1S/C9H6Cl5NO2/c10-6-2-1-5(3-7(6)11)15(8(16)17)4-9(12,13)14/h1-3H,4H2,(H,16,17). The van der Waals surface area contributed by atoms with E-state index in [4.69, 9.17) is 63.1 Å². The van der Waals surface area contributed by atoms with E-state index in [0.29, 0.717) is 5.02 Å². The molecule has 0 bridgehead atoms. The second kappa shape index (κ2) is 5.72. The first kappa shape index (κ1) is 15.0. The fraction of sp³-hybridized carbons (Fsp3) is 0.222. The Morgan fingerprint density at radius 2 is 1.82 bits per heavy atom. The lowest BCUT2D eigenvalue weighted by atomic mass is 10.3. The highest BCUT2D eigenvalue weighted by Crippen LogP contribution is 2.32. The maximum absolute atomic E-state index is 11.0. The summed E-state index contributed by atoms with van der Waals surface area (Å²) >= 11 is 28.2. The number of hydrogen-bond donors (Lipinski definition) is 1. The number of benzene rings is 1. The van der Waals surface area contributed by atoms with E-state index in [1.54, 1.807) is 0 Å². The molecule has 0 aromatic heterocycles. The average molecular weight is 337 g/mol. The van der Waals surface area contributed by atoms with Gasteiger partial charge in [-0.25, -0.2) is 4.79 Å². The lowest BCUT2D eigenvalue weighted by Gasteiger charge is -2.23. The molecule has 0 fully saturated rings. The van der Waals surface area contributed by atoms with Gasteiger partial charge in [0.1, 0.15) is 0 Å². The van der Waals surface area contributed by atoms with E-state index in [9.17, 15) is 4.79 Å². The largest absolute Gasteiger partial charge is 0.465 e. The summed E-state index contributed by atoms with van der Waals surface area (Å²) in [6, 6.07) is 4.32. The molecule has 0 unspecified atom stereocenters. The van der Waals surface area contributed by atoms with Gasteiger partial charge in [-0.1, -0.05) is 58.0 Å². The molecule has 0 saturated carbocycles. The molecule has 3 nitrogen and oxygen atoms in total. The van der Waals surface area contributed by atoms with Gasteiger partial charge in [0.2, 0.25) is 3.79 Å². The van der Waals surface area contributed by atoms with Crippen molar-refractivity contribution in [2.24, 2.45) is 0 Å². The highest BCUT2D eigenvalue weighted by Gasteiger charge is 2.28. The molecule has 8 heteroatoms. The van der Waals surface area contributed by atoms with Crippen molar-refractivity contribution < 1.29 is 9.90 Å². The van der Waals surface area contributed by atoms with E-state index >= 15 is 0 Å². The Morgan fingerprint density at radius 1 is 1.24 bits per heavy atom. The summed E-state index contributed by atoms with van der Waals surface area (Å²) in [5, 5.41) is 9.56. The van der Waals surface area contributed by atoms with Gasteiger partial charge in [0.05, 0.1) is 16.6 Å². The number of anilines is 1. The Morgan fingerprint density at radius 3 is 2.24 bits per heavy atom. The lowest BCUT2D eigenvalue weighted by Crippen LogP contribution is -2.36. The van der Waals surface area contributed by atoms with E-state index in [2.05, 4.69) is 0 Å². The summed E-state index contributed by atoms with van der Waals surface area (Å²) < 4.78 is -1.72. The van der Waals surface area contributed by atoms with Crippen LogP contribution in [0.1, 0.15) is 0 Å². The summed E-state index contributed by atoms with van der Waals surface area (Å²) in [5.41, 5.74) is 0.276. The van der Waals surface area contributed by atoms with Gasteiger partial charge in [-0.15, -0.1) is 0 Å². The minimum atomic E-state index is -1.72. The van der Waals surface area contributed by atoms with Crippen molar-refractivity contribution in [3.05, 3.63) is 28.2 Å². The zero-order valence-corrected chi connectivity index (χ0v) is 11.9. The highest BCUT2D eigenvalue weighted by atomic mass is 35.6. The maximum Gasteiger partial charge on any atom is 0.411 e. The van der Waals surface area contributed by atoms with Crippen LogP contribution in [0.3, 0.4) is 0 Å². The Kier molecular flexibility index (Phi) is 5.05. The molecule has 1 rings (SSSR count). The predicted molar refractivity (Wildman–Crippen MR) is 72.1 cm³/mol. The third-order valence-corrected chi connectivity index (χ3v) is 2.88. The van der Waals surface area contributed by atoms with Crippen molar-refractivity contribution >= 4 is 69.8 Å². The fourth-order valence-electron chi connectivity index (χ4n) is 1.10. The highest BCUT2D eigenvalue weighted by molar-refractivity contribution is 6.68. The van der Waals surface area contributed by atoms with Crippen LogP contribution < -0.4 is 4.90 Å². The number of carboxylic acid groups (broad SMARTS) is 1. The van der Waals surface area contributed by atoms with Gasteiger partial charge in [-0.2, -0.15) is 0 Å². The van der Waals surface area contributed by atoms with E-state index in [1.165, 1.54) is 18.2 Å². The summed E-state index contributed by atoms with van der Waals surface area (Å²) in [4.78, 5) is 11.9. The molecule has 1 amide bonds. The summed E-state index contributed by atoms with van der Waals surface area (Å²) in [5.74, 6) is 0. The molecule has 17 heavy (non-hydrogen) atoms. The van der Waals surface area contributed by atoms with Crippen molar-refractivity contribution in [2.45, 2.75) is 3.79 Å². The number of hydrogen-bond acceptors (Lipinski definition) is 1. The molecule has 1 N–H and O–H groups in total. The number of amides is 1. The van der Waals surface area contributed by atoms with E-state index < -0.39 is 9.89 Å². The van der Waals surface area contributed by atoms with Gasteiger partial charge in [-0.3, -0.25) is 4.90 Å². The molecule has 0 radical (unpaired) electrons.